The van der Waals surface area contributed by atoms with Crippen LogP contribution < -0.4 is 10.1 Å². The highest BCUT2D eigenvalue weighted by molar-refractivity contribution is 5.41. The highest BCUT2D eigenvalue weighted by Crippen LogP contribution is 2.20. The summed E-state index contributed by atoms with van der Waals surface area (Å²) in [4.78, 5) is 0. The van der Waals surface area contributed by atoms with E-state index >= 15 is 0 Å². The summed E-state index contributed by atoms with van der Waals surface area (Å²) in [6.45, 7) is 4.94. The van der Waals surface area contributed by atoms with E-state index in [4.69, 9.17) is 14.7 Å². The van der Waals surface area contributed by atoms with Gasteiger partial charge in [-0.2, -0.15) is 5.26 Å². The first-order valence-electron chi connectivity index (χ1n) is 5.67. The monoisotopic (exact) mass is 234 g/mol. The van der Waals surface area contributed by atoms with E-state index in [1.807, 2.05) is 0 Å². The molecule has 0 aliphatic heterocycles. The van der Waals surface area contributed by atoms with Crippen molar-refractivity contribution in [2.45, 2.75) is 13.5 Å². The molecule has 4 heteroatoms. The van der Waals surface area contributed by atoms with Gasteiger partial charge in [-0.05, 0) is 24.7 Å². The Labute approximate surface area is 102 Å². The molecular weight excluding hydrogens is 216 g/mol. The fraction of sp³-hybridized carbons (Fsp3) is 0.462. The van der Waals surface area contributed by atoms with Gasteiger partial charge in [0, 0.05) is 12.1 Å². The molecule has 0 unspecified atom stereocenters. The second kappa shape index (κ2) is 7.66. The fourth-order valence-corrected chi connectivity index (χ4v) is 1.46. The predicted octanol–water partition coefficient (Wildman–Crippen LogP) is 1.69. The van der Waals surface area contributed by atoms with Crippen LogP contribution in [0.1, 0.15) is 18.1 Å². The summed E-state index contributed by atoms with van der Waals surface area (Å²) >= 11 is 0. The average molecular weight is 234 g/mol. The van der Waals surface area contributed by atoms with Crippen LogP contribution in [0, 0.1) is 11.3 Å². The van der Waals surface area contributed by atoms with Crippen LogP contribution in [0.15, 0.2) is 18.2 Å². The lowest BCUT2D eigenvalue weighted by Crippen LogP contribution is -2.18. The number of methoxy groups -OCH3 is 1. The van der Waals surface area contributed by atoms with E-state index in [1.54, 1.807) is 25.3 Å². The molecule has 1 aromatic carbocycles. The van der Waals surface area contributed by atoms with Crippen molar-refractivity contribution in [2.24, 2.45) is 0 Å². The van der Waals surface area contributed by atoms with Crippen LogP contribution in [-0.4, -0.2) is 26.8 Å². The second-order valence-electron chi connectivity index (χ2n) is 3.54. The van der Waals surface area contributed by atoms with Gasteiger partial charge in [-0.15, -0.1) is 0 Å². The summed E-state index contributed by atoms with van der Waals surface area (Å²) in [5, 5.41) is 12.0. The molecule has 0 bridgehead atoms. The van der Waals surface area contributed by atoms with Crippen molar-refractivity contribution in [3.8, 4) is 11.8 Å². The molecule has 92 valence electrons. The third-order valence-electron chi connectivity index (χ3n) is 2.34. The number of benzene rings is 1. The highest BCUT2D eigenvalue weighted by Gasteiger charge is 2.04. The highest BCUT2D eigenvalue weighted by atomic mass is 16.5. The van der Waals surface area contributed by atoms with Crippen LogP contribution in [0.25, 0.3) is 0 Å². The summed E-state index contributed by atoms with van der Waals surface area (Å²) in [5.41, 5.74) is 1.53. The van der Waals surface area contributed by atoms with Crippen LogP contribution in [0.5, 0.6) is 5.75 Å². The number of hydrogen-bond acceptors (Lipinski definition) is 4. The summed E-state index contributed by atoms with van der Waals surface area (Å²) in [6, 6.07) is 7.43. The molecule has 0 heterocycles. The molecule has 4 nitrogen and oxygen atoms in total. The number of nitrogens with zero attached hydrogens (tertiary/aromatic N) is 1. The molecule has 0 saturated carbocycles. The lowest BCUT2D eigenvalue weighted by molar-refractivity contribution is 0.121. The van der Waals surface area contributed by atoms with Gasteiger partial charge in [0.25, 0.3) is 0 Å². The molecule has 1 rings (SSSR count). The zero-order valence-corrected chi connectivity index (χ0v) is 10.3. The van der Waals surface area contributed by atoms with Gasteiger partial charge in [0.15, 0.2) is 0 Å². The van der Waals surface area contributed by atoms with Gasteiger partial charge >= 0.3 is 0 Å². The molecule has 0 aliphatic rings. The summed E-state index contributed by atoms with van der Waals surface area (Å²) in [7, 11) is 1.61. The summed E-state index contributed by atoms with van der Waals surface area (Å²) in [6.07, 6.45) is 0. The third kappa shape index (κ3) is 4.43. The van der Waals surface area contributed by atoms with Gasteiger partial charge in [-0.3, -0.25) is 0 Å². The Morgan fingerprint density at radius 1 is 1.41 bits per heavy atom. The van der Waals surface area contributed by atoms with Gasteiger partial charge in [0.05, 0.1) is 32.0 Å². The zero-order valence-electron chi connectivity index (χ0n) is 10.3. The van der Waals surface area contributed by atoms with Crippen LogP contribution in [0.4, 0.5) is 0 Å². The van der Waals surface area contributed by atoms with Crippen LogP contribution in [-0.2, 0) is 11.3 Å². The molecule has 0 saturated heterocycles. The Morgan fingerprint density at radius 2 is 2.24 bits per heavy atom. The van der Waals surface area contributed by atoms with Gasteiger partial charge < -0.3 is 14.8 Å². The summed E-state index contributed by atoms with van der Waals surface area (Å²) in [5.74, 6) is 0.757. The first-order chi connectivity index (χ1) is 8.31. The molecule has 0 spiro atoms. The van der Waals surface area contributed by atoms with E-state index in [2.05, 4.69) is 18.3 Å². The molecule has 0 aromatic heterocycles. The topological polar surface area (TPSA) is 54.3 Å². The van der Waals surface area contributed by atoms with Gasteiger partial charge in [0.2, 0.25) is 0 Å². The zero-order chi connectivity index (χ0) is 12.5. The van der Waals surface area contributed by atoms with E-state index in [9.17, 15) is 0 Å². The van der Waals surface area contributed by atoms with E-state index < -0.39 is 0 Å². The standard InChI is InChI=1S/C13H18N2O2/c1-3-15-6-7-17-10-12-8-11(9-14)4-5-13(12)16-2/h4-5,8,15H,3,6-7,10H2,1-2H3. The van der Waals surface area contributed by atoms with Crippen LogP contribution in [0.2, 0.25) is 0 Å². The minimum Gasteiger partial charge on any atom is -0.496 e. The molecule has 1 aromatic rings. The van der Waals surface area contributed by atoms with Gasteiger partial charge in [0.1, 0.15) is 5.75 Å². The maximum Gasteiger partial charge on any atom is 0.124 e. The van der Waals surface area contributed by atoms with Gasteiger partial charge in [-0.25, -0.2) is 0 Å². The fourth-order valence-electron chi connectivity index (χ4n) is 1.46. The molecular formula is C13H18N2O2. The largest absolute Gasteiger partial charge is 0.496 e. The molecule has 17 heavy (non-hydrogen) atoms. The van der Waals surface area contributed by atoms with Crippen molar-refractivity contribution >= 4 is 0 Å². The first kappa shape index (κ1) is 13.5. The number of nitrogens with one attached hydrogen (secondary N) is 1. The molecule has 1 N–H and O–H groups in total. The van der Waals surface area contributed by atoms with E-state index in [0.29, 0.717) is 18.8 Å². The third-order valence-corrected chi connectivity index (χ3v) is 2.34. The average Bonchev–Trinajstić information content (AvgIpc) is 2.38. The first-order valence-corrected chi connectivity index (χ1v) is 5.67. The SMILES string of the molecule is CCNCCOCc1cc(C#N)ccc1OC. The second-order valence-corrected chi connectivity index (χ2v) is 3.54. The number of hydrogen-bond donors (Lipinski definition) is 1. The Balaban J connectivity index is 2.53. The van der Waals surface area contributed by atoms with Crippen LogP contribution in [0.3, 0.4) is 0 Å². The number of likely N-dealkylation sites (N-methyl/N-ethyl adjacent to an activating group) is 1. The van der Waals surface area contributed by atoms with Crippen molar-refractivity contribution in [1.82, 2.24) is 5.32 Å². The Hall–Kier alpha value is -1.57. The number of nitriles is 1. The molecule has 0 amide bonds. The van der Waals surface area contributed by atoms with Crippen molar-refractivity contribution in [3.05, 3.63) is 29.3 Å². The smallest absolute Gasteiger partial charge is 0.124 e. The van der Waals surface area contributed by atoms with E-state index in [1.165, 1.54) is 0 Å². The maximum absolute atomic E-state index is 8.83. The van der Waals surface area contributed by atoms with Crippen molar-refractivity contribution in [2.75, 3.05) is 26.8 Å². The normalized spacial score (nSPS) is 9.94. The van der Waals surface area contributed by atoms with E-state index in [0.717, 1.165) is 24.4 Å². The lowest BCUT2D eigenvalue weighted by atomic mass is 10.1. The molecule has 0 fully saturated rings. The Bertz CT molecular complexity index is 385. The number of ether oxygens (including phenoxy) is 2. The minimum atomic E-state index is 0.462. The Kier molecular flexibility index (Phi) is 6.08. The predicted molar refractivity (Wildman–Crippen MR) is 65.9 cm³/mol. The summed E-state index contributed by atoms with van der Waals surface area (Å²) < 4.78 is 10.7. The maximum atomic E-state index is 8.83. The molecule has 0 radical (unpaired) electrons. The number of rotatable bonds is 7. The Morgan fingerprint density at radius 3 is 2.88 bits per heavy atom. The van der Waals surface area contributed by atoms with E-state index in [-0.39, 0.29) is 0 Å². The van der Waals surface area contributed by atoms with Gasteiger partial charge in [-0.1, -0.05) is 6.92 Å². The minimum absolute atomic E-state index is 0.462. The van der Waals surface area contributed by atoms with Crippen LogP contribution >= 0.6 is 0 Å². The van der Waals surface area contributed by atoms with Crippen molar-refractivity contribution in [3.63, 3.8) is 0 Å². The van der Waals surface area contributed by atoms with Crippen molar-refractivity contribution in [1.29, 1.82) is 5.26 Å². The molecule has 0 aliphatic carbocycles. The molecule has 0 atom stereocenters. The lowest BCUT2D eigenvalue weighted by Gasteiger charge is -2.09. The van der Waals surface area contributed by atoms with Crippen molar-refractivity contribution < 1.29 is 9.47 Å². The quantitative estimate of drug-likeness (QED) is 0.729.